The number of amides is 2. The zero-order valence-corrected chi connectivity index (χ0v) is 30.2. The van der Waals surface area contributed by atoms with Gasteiger partial charge in [0.2, 0.25) is 0 Å². The molecule has 3 rings (SSSR count). The maximum Gasteiger partial charge on any atom is 0.255 e. The van der Waals surface area contributed by atoms with E-state index in [0.717, 1.165) is 22.3 Å². The molecule has 9 nitrogen and oxygen atoms in total. The SMILES string of the molecule is C/C=C(\C=C(\Nc1ccc(C(=O)N(CCOC)CCOC)cn1)C(C)=O)c1cccc(NC(=O)c2ccc(C(C)(C)C)cc2)c1C.CC. The molecular weight excluding hydrogens is 604 g/mol. The van der Waals surface area contributed by atoms with Crippen LogP contribution in [-0.2, 0) is 19.7 Å². The number of anilines is 2. The van der Waals surface area contributed by atoms with Crippen molar-refractivity contribution in [3.63, 3.8) is 0 Å². The lowest BCUT2D eigenvalue weighted by Gasteiger charge is -2.22. The van der Waals surface area contributed by atoms with Crippen LogP contribution in [0.1, 0.15) is 85.9 Å². The summed E-state index contributed by atoms with van der Waals surface area (Å²) in [6, 6.07) is 16.7. The van der Waals surface area contributed by atoms with Crippen LogP contribution in [0.3, 0.4) is 0 Å². The molecule has 0 saturated carbocycles. The summed E-state index contributed by atoms with van der Waals surface area (Å²) in [6.45, 7) is 17.4. The molecule has 0 saturated heterocycles. The third kappa shape index (κ3) is 11.3. The van der Waals surface area contributed by atoms with Gasteiger partial charge in [0.05, 0.1) is 24.5 Å². The fourth-order valence-corrected chi connectivity index (χ4v) is 4.73. The number of pyridine rings is 1. The van der Waals surface area contributed by atoms with Crippen molar-refractivity contribution in [3.8, 4) is 0 Å². The number of rotatable bonds is 14. The third-order valence-electron chi connectivity index (χ3n) is 7.59. The summed E-state index contributed by atoms with van der Waals surface area (Å²) in [5.74, 6) is -0.148. The van der Waals surface area contributed by atoms with Crippen molar-refractivity contribution in [1.29, 1.82) is 0 Å². The number of methoxy groups -OCH3 is 2. The van der Waals surface area contributed by atoms with Crippen molar-refractivity contribution in [2.24, 2.45) is 0 Å². The van der Waals surface area contributed by atoms with Gasteiger partial charge in [-0.15, -0.1) is 0 Å². The van der Waals surface area contributed by atoms with Gasteiger partial charge >= 0.3 is 0 Å². The molecule has 2 N–H and O–H groups in total. The van der Waals surface area contributed by atoms with Crippen molar-refractivity contribution < 1.29 is 23.9 Å². The molecule has 9 heteroatoms. The van der Waals surface area contributed by atoms with Crippen LogP contribution in [0.4, 0.5) is 11.5 Å². The maximum atomic E-state index is 13.1. The van der Waals surface area contributed by atoms with Crippen LogP contribution in [0, 0.1) is 6.92 Å². The van der Waals surface area contributed by atoms with Gasteiger partial charge in [-0.2, -0.15) is 0 Å². The molecule has 2 amide bonds. The number of ketones is 1. The van der Waals surface area contributed by atoms with E-state index in [-0.39, 0.29) is 23.0 Å². The molecule has 0 radical (unpaired) electrons. The standard InChI is InChI=1S/C37H46N4O5.C2H6/c1-9-27(31-11-10-12-32(25(31)2)40-35(43)28-13-16-30(17-14-28)37(4,5)6)23-33(26(3)42)39-34-18-15-29(24-38-34)36(44)41(19-21-45-7)20-22-46-8;1-2/h9-18,23-24H,19-22H2,1-8H3,(H,38,39)(H,40,43);1-2H3/b27-9+,33-23+;. The lowest BCUT2D eigenvalue weighted by Crippen LogP contribution is -2.36. The number of aromatic nitrogens is 1. The highest BCUT2D eigenvalue weighted by Gasteiger charge is 2.18. The molecule has 3 aromatic rings. The van der Waals surface area contributed by atoms with E-state index in [1.165, 1.54) is 13.1 Å². The molecule has 0 aliphatic carbocycles. The Morgan fingerprint density at radius 2 is 1.48 bits per heavy atom. The van der Waals surface area contributed by atoms with E-state index in [1.807, 2.05) is 76.2 Å². The van der Waals surface area contributed by atoms with E-state index in [9.17, 15) is 14.4 Å². The molecule has 0 atom stereocenters. The number of hydrogen-bond acceptors (Lipinski definition) is 7. The topological polar surface area (TPSA) is 110 Å². The third-order valence-corrected chi connectivity index (χ3v) is 7.59. The summed E-state index contributed by atoms with van der Waals surface area (Å²) in [5, 5.41) is 6.15. The number of ether oxygens (including phenoxy) is 2. The van der Waals surface area contributed by atoms with Gasteiger partial charge in [0.15, 0.2) is 5.78 Å². The number of nitrogens with zero attached hydrogens (tertiary/aromatic N) is 2. The normalized spacial score (nSPS) is 11.7. The number of carbonyl (C=O) groups is 3. The smallest absolute Gasteiger partial charge is 0.255 e. The van der Waals surface area contributed by atoms with Gasteiger partial charge < -0.3 is 25.0 Å². The Kier molecular flexibility index (Phi) is 15.9. The Labute approximate surface area is 286 Å². The highest BCUT2D eigenvalue weighted by molar-refractivity contribution is 6.05. The fourth-order valence-electron chi connectivity index (χ4n) is 4.73. The Morgan fingerprint density at radius 1 is 0.875 bits per heavy atom. The van der Waals surface area contributed by atoms with Gasteiger partial charge in [-0.1, -0.05) is 65.0 Å². The molecule has 1 aromatic heterocycles. The summed E-state index contributed by atoms with van der Waals surface area (Å²) in [4.78, 5) is 44.9. The summed E-state index contributed by atoms with van der Waals surface area (Å²) in [5.41, 5.74) is 5.67. The van der Waals surface area contributed by atoms with Gasteiger partial charge in [-0.3, -0.25) is 14.4 Å². The second-order valence-corrected chi connectivity index (χ2v) is 12.0. The Bertz CT molecular complexity index is 1560. The minimum Gasteiger partial charge on any atom is -0.383 e. The molecule has 0 aliphatic heterocycles. The molecule has 2 aromatic carbocycles. The molecule has 0 fully saturated rings. The van der Waals surface area contributed by atoms with Crippen LogP contribution < -0.4 is 10.6 Å². The second-order valence-electron chi connectivity index (χ2n) is 12.0. The summed E-state index contributed by atoms with van der Waals surface area (Å²) in [6.07, 6.45) is 5.16. The largest absolute Gasteiger partial charge is 0.383 e. The van der Waals surface area contributed by atoms with E-state index in [2.05, 4.69) is 36.4 Å². The first-order valence-corrected chi connectivity index (χ1v) is 16.3. The number of benzene rings is 2. The van der Waals surface area contributed by atoms with Gasteiger partial charge in [0.1, 0.15) is 5.82 Å². The quantitative estimate of drug-likeness (QED) is 0.135. The molecule has 0 unspecified atom stereocenters. The van der Waals surface area contributed by atoms with Gasteiger partial charge in [0, 0.05) is 51.7 Å². The van der Waals surface area contributed by atoms with Crippen LogP contribution in [0.25, 0.3) is 5.57 Å². The van der Waals surface area contributed by atoms with E-state index < -0.39 is 0 Å². The first-order chi connectivity index (χ1) is 22.9. The number of Topliss-reactive ketones (excluding diaryl/α,β-unsaturated/α-hetero) is 1. The monoisotopic (exact) mass is 656 g/mol. The predicted molar refractivity (Wildman–Crippen MR) is 196 cm³/mol. The van der Waals surface area contributed by atoms with E-state index >= 15 is 0 Å². The number of nitrogens with one attached hydrogen (secondary N) is 2. The molecule has 48 heavy (non-hydrogen) atoms. The molecule has 0 spiro atoms. The van der Waals surface area contributed by atoms with E-state index in [1.54, 1.807) is 37.3 Å². The molecule has 1 heterocycles. The van der Waals surface area contributed by atoms with Gasteiger partial charge in [-0.05, 0) is 77.9 Å². The lowest BCUT2D eigenvalue weighted by atomic mass is 9.86. The lowest BCUT2D eigenvalue weighted by molar-refractivity contribution is -0.113. The van der Waals surface area contributed by atoms with Crippen molar-refractivity contribution in [2.45, 2.75) is 60.8 Å². The van der Waals surface area contributed by atoms with Crippen LogP contribution in [0.15, 0.2) is 78.6 Å². The zero-order chi connectivity index (χ0) is 35.9. The zero-order valence-electron chi connectivity index (χ0n) is 30.2. The van der Waals surface area contributed by atoms with Crippen molar-refractivity contribution in [3.05, 3.63) is 106 Å². The minimum absolute atomic E-state index is 0.00139. The Balaban J connectivity index is 0.00000392. The van der Waals surface area contributed by atoms with Gasteiger partial charge in [-0.25, -0.2) is 4.98 Å². The van der Waals surface area contributed by atoms with E-state index in [4.69, 9.17) is 9.47 Å². The van der Waals surface area contributed by atoms with Crippen LogP contribution in [-0.4, -0.2) is 68.0 Å². The number of carbonyl (C=O) groups excluding carboxylic acids is 3. The minimum atomic E-state index is -0.196. The van der Waals surface area contributed by atoms with Crippen molar-refractivity contribution in [1.82, 2.24) is 9.88 Å². The van der Waals surface area contributed by atoms with Crippen LogP contribution in [0.2, 0.25) is 0 Å². The van der Waals surface area contributed by atoms with Crippen LogP contribution >= 0.6 is 0 Å². The highest BCUT2D eigenvalue weighted by atomic mass is 16.5. The van der Waals surface area contributed by atoms with Crippen molar-refractivity contribution in [2.75, 3.05) is 51.2 Å². The molecular formula is C39H52N4O5. The molecule has 0 aliphatic rings. The summed E-state index contributed by atoms with van der Waals surface area (Å²) in [7, 11) is 3.17. The first kappa shape index (κ1) is 39.6. The summed E-state index contributed by atoms with van der Waals surface area (Å²) < 4.78 is 10.3. The number of allylic oxidation sites excluding steroid dienone is 4. The van der Waals surface area contributed by atoms with Gasteiger partial charge in [0.25, 0.3) is 11.8 Å². The highest BCUT2D eigenvalue weighted by Crippen LogP contribution is 2.28. The Morgan fingerprint density at radius 3 is 1.98 bits per heavy atom. The number of hydrogen-bond donors (Lipinski definition) is 2. The van der Waals surface area contributed by atoms with Crippen molar-refractivity contribution >= 4 is 34.7 Å². The average molecular weight is 657 g/mol. The summed E-state index contributed by atoms with van der Waals surface area (Å²) >= 11 is 0. The molecule has 0 bridgehead atoms. The van der Waals surface area contributed by atoms with Crippen LogP contribution in [0.5, 0.6) is 0 Å². The predicted octanol–water partition coefficient (Wildman–Crippen LogP) is 7.69. The second kappa shape index (κ2) is 19.3. The average Bonchev–Trinajstić information content (AvgIpc) is 3.08. The maximum absolute atomic E-state index is 13.1. The Hall–Kier alpha value is -4.60. The van der Waals surface area contributed by atoms with E-state index in [0.29, 0.717) is 54.6 Å². The first-order valence-electron chi connectivity index (χ1n) is 16.3. The molecule has 258 valence electrons. The fraction of sp³-hybridized carbons (Fsp3) is 0.385.